The van der Waals surface area contributed by atoms with Crippen LogP contribution in [0.3, 0.4) is 0 Å². The van der Waals surface area contributed by atoms with Gasteiger partial charge in [0.2, 0.25) is 0 Å². The third kappa shape index (κ3) is 3.43. The second kappa shape index (κ2) is 5.75. The van der Waals surface area contributed by atoms with Gasteiger partial charge in [-0.1, -0.05) is 23.2 Å². The largest absolute Gasteiger partial charge is 0.506 e. The average molecular weight is 346 g/mol. The second-order valence-electron chi connectivity index (χ2n) is 4.58. The summed E-state index contributed by atoms with van der Waals surface area (Å²) in [4.78, 5) is 1.77. The molecule has 0 atom stereocenters. The van der Waals surface area contributed by atoms with E-state index < -0.39 is 9.84 Å². The topological polar surface area (TPSA) is 57.6 Å². The summed E-state index contributed by atoms with van der Waals surface area (Å²) < 4.78 is 23.0. The van der Waals surface area contributed by atoms with Crippen LogP contribution >= 0.6 is 23.2 Å². The molecule has 0 unspecified atom stereocenters. The van der Waals surface area contributed by atoms with Crippen LogP contribution in [-0.2, 0) is 9.84 Å². The predicted molar refractivity (Wildman–Crippen MR) is 85.7 cm³/mol. The number of nitrogens with zero attached hydrogens (tertiary/aromatic N) is 1. The Morgan fingerprint density at radius 2 is 1.71 bits per heavy atom. The van der Waals surface area contributed by atoms with Gasteiger partial charge in [-0.25, -0.2) is 8.42 Å². The molecule has 112 valence electrons. The van der Waals surface area contributed by atoms with E-state index in [0.717, 1.165) is 6.26 Å². The maximum atomic E-state index is 11.5. The number of rotatable bonds is 3. The molecule has 0 aliphatic heterocycles. The summed E-state index contributed by atoms with van der Waals surface area (Å²) in [5.74, 6) is 0.0464. The number of phenolic OH excluding ortho intramolecular Hbond substituents is 1. The molecule has 7 heteroatoms. The van der Waals surface area contributed by atoms with Gasteiger partial charge in [0.15, 0.2) is 9.84 Å². The quantitative estimate of drug-likeness (QED) is 0.917. The van der Waals surface area contributed by atoms with Gasteiger partial charge in [0, 0.05) is 18.3 Å². The van der Waals surface area contributed by atoms with Gasteiger partial charge in [-0.05, 0) is 36.4 Å². The molecule has 0 bridgehead atoms. The Labute approximate surface area is 133 Å². The van der Waals surface area contributed by atoms with E-state index in [1.165, 1.54) is 18.2 Å². The molecule has 1 N–H and O–H groups in total. The Morgan fingerprint density at radius 1 is 1.05 bits per heavy atom. The standard InChI is InChI=1S/C14H13Cl2NO3S/c1-17(13-7-9(15)3-6-14(13)18)12-5-4-10(8-11(12)16)21(2,19)20/h3-8,18H,1-2H3. The minimum Gasteiger partial charge on any atom is -0.506 e. The Kier molecular flexibility index (Phi) is 4.37. The van der Waals surface area contributed by atoms with Crippen molar-refractivity contribution < 1.29 is 13.5 Å². The molecule has 0 heterocycles. The van der Waals surface area contributed by atoms with Crippen LogP contribution in [0.15, 0.2) is 41.3 Å². The summed E-state index contributed by atoms with van der Waals surface area (Å²) in [6.45, 7) is 0. The molecule has 0 aliphatic rings. The van der Waals surface area contributed by atoms with Crippen molar-refractivity contribution in [3.8, 4) is 5.75 Å². The monoisotopic (exact) mass is 345 g/mol. The predicted octanol–water partition coefficient (Wildman–Crippen LogP) is 3.87. The molecule has 0 spiro atoms. The molecule has 0 aromatic heterocycles. The number of hydrogen-bond donors (Lipinski definition) is 1. The highest BCUT2D eigenvalue weighted by Gasteiger charge is 2.15. The summed E-state index contributed by atoms with van der Waals surface area (Å²) in [6.07, 6.45) is 1.12. The highest BCUT2D eigenvalue weighted by Crippen LogP contribution is 2.37. The Balaban J connectivity index is 2.49. The number of anilines is 2. The van der Waals surface area contributed by atoms with Crippen molar-refractivity contribution in [2.45, 2.75) is 4.90 Å². The Hall–Kier alpha value is -1.43. The van der Waals surface area contributed by atoms with Crippen molar-refractivity contribution in [3.63, 3.8) is 0 Å². The lowest BCUT2D eigenvalue weighted by Crippen LogP contribution is -2.10. The fourth-order valence-corrected chi connectivity index (χ4v) is 3.07. The minimum absolute atomic E-state index is 0.0464. The zero-order valence-electron chi connectivity index (χ0n) is 11.3. The van der Waals surface area contributed by atoms with Crippen molar-refractivity contribution in [3.05, 3.63) is 46.4 Å². The molecule has 0 radical (unpaired) electrons. The van der Waals surface area contributed by atoms with Gasteiger partial charge in [0.05, 0.1) is 21.3 Å². The molecule has 21 heavy (non-hydrogen) atoms. The van der Waals surface area contributed by atoms with E-state index in [9.17, 15) is 13.5 Å². The van der Waals surface area contributed by atoms with Crippen molar-refractivity contribution in [1.82, 2.24) is 0 Å². The fourth-order valence-electron chi connectivity index (χ4n) is 1.89. The number of halogens is 2. The molecule has 2 aromatic rings. The first-order valence-electron chi connectivity index (χ1n) is 5.92. The molecular formula is C14H13Cl2NO3S. The van der Waals surface area contributed by atoms with Crippen LogP contribution in [0.25, 0.3) is 0 Å². The third-order valence-electron chi connectivity index (χ3n) is 3.01. The summed E-state index contributed by atoms with van der Waals surface area (Å²) in [6, 6.07) is 9.07. The number of phenols is 1. The van der Waals surface area contributed by atoms with Gasteiger partial charge in [-0.2, -0.15) is 0 Å². The average Bonchev–Trinajstić information content (AvgIpc) is 2.39. The summed E-state index contributed by atoms with van der Waals surface area (Å²) in [5, 5.41) is 10.6. The number of sulfone groups is 1. The summed E-state index contributed by atoms with van der Waals surface area (Å²) in [7, 11) is -1.62. The molecular weight excluding hydrogens is 333 g/mol. The van der Waals surface area contributed by atoms with Crippen LogP contribution in [0.5, 0.6) is 5.75 Å². The van der Waals surface area contributed by atoms with Crippen LogP contribution in [0.1, 0.15) is 0 Å². The van der Waals surface area contributed by atoms with E-state index in [1.54, 1.807) is 30.1 Å². The smallest absolute Gasteiger partial charge is 0.175 e. The van der Waals surface area contributed by atoms with Gasteiger partial charge in [-0.3, -0.25) is 0 Å². The van der Waals surface area contributed by atoms with Gasteiger partial charge < -0.3 is 10.0 Å². The Bertz CT molecular complexity index is 791. The normalized spacial score (nSPS) is 11.4. The first-order chi connectivity index (χ1) is 9.70. The van der Waals surface area contributed by atoms with Crippen molar-refractivity contribution in [2.24, 2.45) is 0 Å². The van der Waals surface area contributed by atoms with E-state index in [2.05, 4.69) is 0 Å². The van der Waals surface area contributed by atoms with Gasteiger partial charge in [0.25, 0.3) is 0 Å². The molecule has 0 fully saturated rings. The zero-order valence-corrected chi connectivity index (χ0v) is 13.7. The highest BCUT2D eigenvalue weighted by molar-refractivity contribution is 7.90. The molecule has 0 saturated heterocycles. The highest BCUT2D eigenvalue weighted by atomic mass is 35.5. The van der Waals surface area contributed by atoms with Crippen LogP contribution < -0.4 is 4.90 Å². The third-order valence-corrected chi connectivity index (χ3v) is 4.66. The lowest BCUT2D eigenvalue weighted by atomic mass is 10.2. The molecule has 0 saturated carbocycles. The second-order valence-corrected chi connectivity index (χ2v) is 7.44. The van der Waals surface area contributed by atoms with Gasteiger partial charge in [-0.15, -0.1) is 0 Å². The van der Waals surface area contributed by atoms with E-state index in [-0.39, 0.29) is 15.7 Å². The van der Waals surface area contributed by atoms with Crippen molar-refractivity contribution >= 4 is 44.4 Å². The Morgan fingerprint density at radius 3 is 2.29 bits per heavy atom. The first kappa shape index (κ1) is 15.9. The van der Waals surface area contributed by atoms with Crippen LogP contribution in [-0.4, -0.2) is 26.8 Å². The molecule has 2 rings (SSSR count). The van der Waals surface area contributed by atoms with Crippen molar-refractivity contribution in [1.29, 1.82) is 0 Å². The summed E-state index contributed by atoms with van der Waals surface area (Å²) >= 11 is 12.1. The van der Waals surface area contributed by atoms with Gasteiger partial charge in [0.1, 0.15) is 5.75 Å². The fraction of sp³-hybridized carbons (Fsp3) is 0.143. The van der Waals surface area contributed by atoms with Crippen LogP contribution in [0.2, 0.25) is 10.0 Å². The van der Waals surface area contributed by atoms with Crippen LogP contribution in [0.4, 0.5) is 11.4 Å². The molecule has 0 aliphatic carbocycles. The van der Waals surface area contributed by atoms with E-state index in [4.69, 9.17) is 23.2 Å². The molecule has 0 amide bonds. The maximum absolute atomic E-state index is 11.5. The van der Waals surface area contributed by atoms with Gasteiger partial charge >= 0.3 is 0 Å². The molecule has 2 aromatic carbocycles. The zero-order chi connectivity index (χ0) is 15.8. The van der Waals surface area contributed by atoms with E-state index >= 15 is 0 Å². The van der Waals surface area contributed by atoms with E-state index in [1.807, 2.05) is 0 Å². The SMILES string of the molecule is CN(c1cc(Cl)ccc1O)c1ccc(S(C)(=O)=O)cc1Cl. The minimum atomic E-state index is -3.32. The summed E-state index contributed by atoms with van der Waals surface area (Å²) in [5.41, 5.74) is 1.03. The van der Waals surface area contributed by atoms with E-state index in [0.29, 0.717) is 16.4 Å². The number of benzene rings is 2. The lowest BCUT2D eigenvalue weighted by Gasteiger charge is -2.22. The van der Waals surface area contributed by atoms with Crippen LogP contribution in [0, 0.1) is 0 Å². The first-order valence-corrected chi connectivity index (χ1v) is 8.57. The van der Waals surface area contributed by atoms with Crippen molar-refractivity contribution in [2.75, 3.05) is 18.2 Å². The number of hydrogen-bond acceptors (Lipinski definition) is 4. The maximum Gasteiger partial charge on any atom is 0.175 e. The molecule has 4 nitrogen and oxygen atoms in total. The number of aromatic hydroxyl groups is 1. The lowest BCUT2D eigenvalue weighted by molar-refractivity contribution is 0.476.